The summed E-state index contributed by atoms with van der Waals surface area (Å²) < 4.78 is 4.94. The number of rotatable bonds is 6. The van der Waals surface area contributed by atoms with Crippen molar-refractivity contribution in [1.82, 2.24) is 0 Å². The Kier molecular flexibility index (Phi) is 6.02. The summed E-state index contributed by atoms with van der Waals surface area (Å²) in [7, 11) is 0. The number of carbonyl (C=O) groups is 1. The van der Waals surface area contributed by atoms with E-state index in [4.69, 9.17) is 15.1 Å². The first kappa shape index (κ1) is 10.9. The van der Waals surface area contributed by atoms with E-state index in [0.717, 1.165) is 12.8 Å². The second-order valence-corrected chi connectivity index (χ2v) is 2.47. The number of carboxylic acids is 1. The lowest BCUT2D eigenvalue weighted by Crippen LogP contribution is -2.20. The fourth-order valence-electron chi connectivity index (χ4n) is 0.638. The van der Waals surface area contributed by atoms with Crippen LogP contribution in [-0.4, -0.2) is 23.8 Å². The van der Waals surface area contributed by atoms with E-state index < -0.39 is 12.1 Å². The Morgan fingerprint density at radius 2 is 2.33 bits per heavy atom. The molecule has 0 fully saturated rings. The summed E-state index contributed by atoms with van der Waals surface area (Å²) in [6.45, 7) is 1.90. The lowest BCUT2D eigenvalue weighted by molar-refractivity contribution is -0.149. The summed E-state index contributed by atoms with van der Waals surface area (Å²) in [4.78, 5) is 10.2. The lowest BCUT2D eigenvalue weighted by Gasteiger charge is -2.06. The van der Waals surface area contributed by atoms with Gasteiger partial charge in [-0.3, -0.25) is 0 Å². The van der Waals surface area contributed by atoms with E-state index in [-0.39, 0.29) is 0 Å². The van der Waals surface area contributed by atoms with Crippen molar-refractivity contribution in [2.24, 2.45) is 0 Å². The zero-order valence-electron chi connectivity index (χ0n) is 7.12. The molecule has 0 heterocycles. The van der Waals surface area contributed by atoms with E-state index in [2.05, 4.69) is 0 Å². The van der Waals surface area contributed by atoms with E-state index in [0.29, 0.717) is 13.0 Å². The van der Waals surface area contributed by atoms with Gasteiger partial charge in [0.1, 0.15) is 0 Å². The molecular weight excluding hydrogens is 158 g/mol. The van der Waals surface area contributed by atoms with Crippen LogP contribution in [0, 0.1) is 11.3 Å². The van der Waals surface area contributed by atoms with Gasteiger partial charge in [-0.05, 0) is 19.8 Å². The first-order valence-electron chi connectivity index (χ1n) is 3.90. The van der Waals surface area contributed by atoms with Crippen LogP contribution in [0.15, 0.2) is 0 Å². The largest absolute Gasteiger partial charge is 0.479 e. The second-order valence-electron chi connectivity index (χ2n) is 2.47. The van der Waals surface area contributed by atoms with Crippen molar-refractivity contribution >= 4 is 5.97 Å². The van der Waals surface area contributed by atoms with E-state index in [1.807, 2.05) is 6.07 Å². The average Bonchev–Trinajstić information content (AvgIpc) is 2.03. The minimum Gasteiger partial charge on any atom is -0.479 e. The van der Waals surface area contributed by atoms with Crippen LogP contribution in [0.2, 0.25) is 0 Å². The molecule has 0 bridgehead atoms. The van der Waals surface area contributed by atoms with Gasteiger partial charge in [-0.15, -0.1) is 0 Å². The first-order chi connectivity index (χ1) is 5.68. The maximum Gasteiger partial charge on any atom is 0.332 e. The van der Waals surface area contributed by atoms with Crippen LogP contribution in [0.1, 0.15) is 26.2 Å². The fourth-order valence-corrected chi connectivity index (χ4v) is 0.638. The van der Waals surface area contributed by atoms with Gasteiger partial charge in [0.15, 0.2) is 6.10 Å². The van der Waals surface area contributed by atoms with Crippen molar-refractivity contribution in [2.45, 2.75) is 32.3 Å². The number of aliphatic carboxylic acids is 1. The molecule has 0 rings (SSSR count). The predicted octanol–water partition coefficient (Wildman–Crippen LogP) is 1.17. The molecule has 0 radical (unpaired) electrons. The number of nitrogens with zero attached hydrogens (tertiary/aromatic N) is 1. The van der Waals surface area contributed by atoms with Crippen molar-refractivity contribution in [3.05, 3.63) is 0 Å². The minimum atomic E-state index is -0.949. The van der Waals surface area contributed by atoms with Crippen LogP contribution in [0.25, 0.3) is 0 Å². The summed E-state index contributed by atoms with van der Waals surface area (Å²) in [6, 6.07) is 2.01. The van der Waals surface area contributed by atoms with Crippen LogP contribution in [0.3, 0.4) is 0 Å². The number of carboxylic acid groups (broad SMARTS) is 1. The molecular formula is C8H13NO3. The van der Waals surface area contributed by atoms with Gasteiger partial charge in [0.25, 0.3) is 0 Å². The predicted molar refractivity (Wildman–Crippen MR) is 42.5 cm³/mol. The van der Waals surface area contributed by atoms with Gasteiger partial charge in [-0.1, -0.05) is 0 Å². The molecule has 0 saturated heterocycles. The minimum absolute atomic E-state index is 0.412. The van der Waals surface area contributed by atoms with Crippen LogP contribution >= 0.6 is 0 Å². The van der Waals surface area contributed by atoms with Crippen LogP contribution in [0.5, 0.6) is 0 Å². The third kappa shape index (κ3) is 5.69. The van der Waals surface area contributed by atoms with E-state index >= 15 is 0 Å². The topological polar surface area (TPSA) is 70.3 Å². The van der Waals surface area contributed by atoms with Crippen LogP contribution in [0.4, 0.5) is 0 Å². The summed E-state index contributed by atoms with van der Waals surface area (Å²) in [5.41, 5.74) is 0. The van der Waals surface area contributed by atoms with E-state index in [1.54, 1.807) is 0 Å². The molecule has 0 aliphatic rings. The molecule has 0 aliphatic heterocycles. The summed E-state index contributed by atoms with van der Waals surface area (Å²) in [6.07, 6.45) is 1.27. The highest BCUT2D eigenvalue weighted by atomic mass is 16.5. The monoisotopic (exact) mass is 171 g/mol. The number of hydrogen-bond acceptors (Lipinski definition) is 3. The number of ether oxygens (including phenoxy) is 1. The summed E-state index contributed by atoms with van der Waals surface area (Å²) >= 11 is 0. The van der Waals surface area contributed by atoms with Crippen LogP contribution in [-0.2, 0) is 9.53 Å². The number of unbranched alkanes of at least 4 members (excludes halogenated alkanes) is 2. The van der Waals surface area contributed by atoms with Gasteiger partial charge in [-0.25, -0.2) is 4.79 Å². The third-order valence-corrected chi connectivity index (χ3v) is 1.40. The quantitative estimate of drug-likeness (QED) is 0.609. The van der Waals surface area contributed by atoms with Crippen molar-refractivity contribution in [2.75, 3.05) is 6.61 Å². The number of hydrogen-bond donors (Lipinski definition) is 1. The molecule has 1 unspecified atom stereocenters. The molecule has 4 nitrogen and oxygen atoms in total. The summed E-state index contributed by atoms with van der Waals surface area (Å²) in [5, 5.41) is 16.6. The Morgan fingerprint density at radius 1 is 1.67 bits per heavy atom. The first-order valence-corrected chi connectivity index (χ1v) is 3.90. The van der Waals surface area contributed by atoms with Gasteiger partial charge in [0.2, 0.25) is 0 Å². The molecule has 0 spiro atoms. The third-order valence-electron chi connectivity index (χ3n) is 1.40. The van der Waals surface area contributed by atoms with Crippen molar-refractivity contribution in [3.8, 4) is 6.07 Å². The molecule has 0 aromatic heterocycles. The van der Waals surface area contributed by atoms with Gasteiger partial charge >= 0.3 is 5.97 Å². The second kappa shape index (κ2) is 6.62. The molecule has 1 atom stereocenters. The molecule has 0 aromatic rings. The van der Waals surface area contributed by atoms with Crippen LogP contribution < -0.4 is 0 Å². The molecule has 0 saturated carbocycles. The van der Waals surface area contributed by atoms with Gasteiger partial charge < -0.3 is 9.84 Å². The maximum absolute atomic E-state index is 10.2. The van der Waals surface area contributed by atoms with Crippen molar-refractivity contribution in [3.63, 3.8) is 0 Å². The smallest absolute Gasteiger partial charge is 0.332 e. The van der Waals surface area contributed by atoms with Gasteiger partial charge in [0, 0.05) is 13.0 Å². The molecule has 4 heteroatoms. The zero-order chi connectivity index (χ0) is 9.40. The zero-order valence-corrected chi connectivity index (χ0v) is 7.12. The van der Waals surface area contributed by atoms with Gasteiger partial charge in [0.05, 0.1) is 6.07 Å². The maximum atomic E-state index is 10.2. The molecule has 68 valence electrons. The Balaban J connectivity index is 3.21. The normalized spacial score (nSPS) is 12.0. The highest BCUT2D eigenvalue weighted by Crippen LogP contribution is 1.97. The molecule has 0 aliphatic carbocycles. The Morgan fingerprint density at radius 3 is 2.83 bits per heavy atom. The van der Waals surface area contributed by atoms with Gasteiger partial charge in [-0.2, -0.15) is 5.26 Å². The molecule has 12 heavy (non-hydrogen) atoms. The van der Waals surface area contributed by atoms with Crippen molar-refractivity contribution < 1.29 is 14.6 Å². The van der Waals surface area contributed by atoms with Crippen molar-refractivity contribution in [1.29, 1.82) is 5.26 Å². The van der Waals surface area contributed by atoms with E-state index in [1.165, 1.54) is 6.92 Å². The lowest BCUT2D eigenvalue weighted by atomic mass is 10.2. The summed E-state index contributed by atoms with van der Waals surface area (Å²) in [5.74, 6) is -0.949. The Hall–Kier alpha value is -1.08. The average molecular weight is 171 g/mol. The standard InChI is InChI=1S/C8H13NO3/c1-7(8(10)11)12-6-4-2-3-5-9/h7H,2-4,6H2,1H3,(H,10,11). The SMILES string of the molecule is CC(OCCCCC#N)C(=O)O. The molecule has 0 aromatic carbocycles. The Labute approximate surface area is 71.8 Å². The van der Waals surface area contributed by atoms with E-state index in [9.17, 15) is 4.79 Å². The molecule has 0 amide bonds. The Bertz CT molecular complexity index is 174. The fraction of sp³-hybridized carbons (Fsp3) is 0.750. The molecule has 1 N–H and O–H groups in total. The highest BCUT2D eigenvalue weighted by molar-refractivity contribution is 5.71. The number of nitriles is 1. The highest BCUT2D eigenvalue weighted by Gasteiger charge is 2.09.